The van der Waals surface area contributed by atoms with Gasteiger partial charge in [0.25, 0.3) is 5.91 Å². The van der Waals surface area contributed by atoms with Gasteiger partial charge in [-0.25, -0.2) is 0 Å². The number of esters is 2. The summed E-state index contributed by atoms with van der Waals surface area (Å²) in [5.41, 5.74) is 0.755. The van der Waals surface area contributed by atoms with Gasteiger partial charge < -0.3 is 19.3 Å². The highest BCUT2D eigenvalue weighted by molar-refractivity contribution is 7.98. The molecule has 174 valence electrons. The van der Waals surface area contributed by atoms with E-state index in [1.807, 2.05) is 30.5 Å². The molecule has 0 radical (unpaired) electrons. The van der Waals surface area contributed by atoms with E-state index in [9.17, 15) is 19.2 Å². The topological polar surface area (TPSA) is 93.2 Å². The van der Waals surface area contributed by atoms with Crippen molar-refractivity contribution < 1.29 is 28.7 Å². The van der Waals surface area contributed by atoms with Crippen LogP contribution in [0.4, 0.5) is 5.69 Å². The number of piperidine rings is 1. The number of anilines is 1. The van der Waals surface area contributed by atoms with Gasteiger partial charge in [0.2, 0.25) is 5.91 Å². The average Bonchev–Trinajstić information content (AvgIpc) is 3.20. The van der Waals surface area contributed by atoms with Gasteiger partial charge >= 0.3 is 11.9 Å². The van der Waals surface area contributed by atoms with Crippen LogP contribution in [0.5, 0.6) is 0 Å². The molecule has 2 atom stereocenters. The minimum absolute atomic E-state index is 0.0637. The Kier molecular flexibility index (Phi) is 8.17. The standard InChI is InChI=1S/C23H30N2O6S/c1-4-30-22(28)16-8-10-24(11-9-16)21(27)15(2)31-23(29)17-12-20(26)25(14-17)18-6-5-7-19(13-18)32-3/h5-7,13,15-17H,4,8-12,14H2,1-3H3. The summed E-state index contributed by atoms with van der Waals surface area (Å²) >= 11 is 1.58. The van der Waals surface area contributed by atoms with E-state index in [0.717, 1.165) is 10.6 Å². The van der Waals surface area contributed by atoms with Gasteiger partial charge in [-0.2, -0.15) is 0 Å². The number of nitrogens with zero attached hydrogens (tertiary/aromatic N) is 2. The van der Waals surface area contributed by atoms with E-state index in [2.05, 4.69) is 0 Å². The lowest BCUT2D eigenvalue weighted by Gasteiger charge is -2.32. The predicted molar refractivity (Wildman–Crippen MR) is 120 cm³/mol. The molecule has 2 fully saturated rings. The number of hydrogen-bond donors (Lipinski definition) is 0. The minimum Gasteiger partial charge on any atom is -0.466 e. The van der Waals surface area contributed by atoms with Crippen LogP contribution >= 0.6 is 11.8 Å². The van der Waals surface area contributed by atoms with Gasteiger partial charge in [-0.15, -0.1) is 11.8 Å². The van der Waals surface area contributed by atoms with Crippen molar-refractivity contribution in [2.75, 3.05) is 37.4 Å². The van der Waals surface area contributed by atoms with Gasteiger partial charge in [0.15, 0.2) is 6.10 Å². The quantitative estimate of drug-likeness (QED) is 0.454. The number of benzene rings is 1. The van der Waals surface area contributed by atoms with E-state index in [4.69, 9.17) is 9.47 Å². The third-order valence-corrected chi connectivity index (χ3v) is 6.62. The maximum Gasteiger partial charge on any atom is 0.312 e. The zero-order valence-corrected chi connectivity index (χ0v) is 19.6. The molecule has 2 unspecified atom stereocenters. The second-order valence-electron chi connectivity index (χ2n) is 8.04. The summed E-state index contributed by atoms with van der Waals surface area (Å²) in [6, 6.07) is 7.61. The SMILES string of the molecule is CCOC(=O)C1CCN(C(=O)C(C)OC(=O)C2CC(=O)N(c3cccc(SC)c3)C2)CC1. The molecule has 2 amide bonds. The first kappa shape index (κ1) is 24.1. The summed E-state index contributed by atoms with van der Waals surface area (Å²) in [4.78, 5) is 54.0. The Morgan fingerprint density at radius 3 is 2.53 bits per heavy atom. The Hall–Kier alpha value is -2.55. The van der Waals surface area contributed by atoms with Gasteiger partial charge in [-0.3, -0.25) is 19.2 Å². The summed E-state index contributed by atoms with van der Waals surface area (Å²) < 4.78 is 10.5. The molecular formula is C23H30N2O6S. The first-order valence-electron chi connectivity index (χ1n) is 10.9. The van der Waals surface area contributed by atoms with Crippen molar-refractivity contribution in [1.29, 1.82) is 0 Å². The van der Waals surface area contributed by atoms with Crippen LogP contribution in [0.1, 0.15) is 33.1 Å². The van der Waals surface area contributed by atoms with Crippen molar-refractivity contribution in [3.63, 3.8) is 0 Å². The molecule has 8 nitrogen and oxygen atoms in total. The van der Waals surface area contributed by atoms with Crippen LogP contribution in [0.2, 0.25) is 0 Å². The minimum atomic E-state index is -0.939. The number of thioether (sulfide) groups is 1. The lowest BCUT2D eigenvalue weighted by Crippen LogP contribution is -2.46. The molecule has 9 heteroatoms. The fourth-order valence-electron chi connectivity index (χ4n) is 4.07. The van der Waals surface area contributed by atoms with Crippen LogP contribution in [-0.4, -0.2) is 67.3 Å². The smallest absolute Gasteiger partial charge is 0.312 e. The molecule has 2 saturated heterocycles. The molecule has 1 aromatic rings. The van der Waals surface area contributed by atoms with Crippen molar-refractivity contribution in [2.45, 2.75) is 44.1 Å². The highest BCUT2D eigenvalue weighted by atomic mass is 32.2. The van der Waals surface area contributed by atoms with Crippen molar-refractivity contribution in [2.24, 2.45) is 11.8 Å². The molecule has 0 aliphatic carbocycles. The van der Waals surface area contributed by atoms with E-state index in [1.54, 1.807) is 35.4 Å². The van der Waals surface area contributed by atoms with E-state index < -0.39 is 18.0 Å². The van der Waals surface area contributed by atoms with E-state index >= 15 is 0 Å². The normalized spacial score (nSPS) is 20.2. The first-order chi connectivity index (χ1) is 15.3. The number of amides is 2. The van der Waals surface area contributed by atoms with E-state index in [1.165, 1.54) is 0 Å². The third kappa shape index (κ3) is 5.62. The highest BCUT2D eigenvalue weighted by Gasteiger charge is 2.38. The van der Waals surface area contributed by atoms with Gasteiger partial charge in [0.05, 0.1) is 18.4 Å². The molecule has 3 rings (SSSR count). The fourth-order valence-corrected chi connectivity index (χ4v) is 4.52. The van der Waals surface area contributed by atoms with Crippen molar-refractivity contribution in [3.8, 4) is 0 Å². The first-order valence-corrected chi connectivity index (χ1v) is 12.2. The van der Waals surface area contributed by atoms with Crippen LogP contribution in [0.3, 0.4) is 0 Å². The van der Waals surface area contributed by atoms with Crippen molar-refractivity contribution >= 4 is 41.2 Å². The van der Waals surface area contributed by atoms with E-state index in [-0.39, 0.29) is 36.7 Å². The Morgan fingerprint density at radius 2 is 1.88 bits per heavy atom. The van der Waals surface area contributed by atoms with Gasteiger partial charge in [0.1, 0.15) is 0 Å². The molecule has 1 aromatic carbocycles. The summed E-state index contributed by atoms with van der Waals surface area (Å²) in [7, 11) is 0. The van der Waals surface area contributed by atoms with Crippen LogP contribution in [0, 0.1) is 11.8 Å². The van der Waals surface area contributed by atoms with Crippen LogP contribution in [0.15, 0.2) is 29.2 Å². The Labute approximate surface area is 192 Å². The molecule has 0 spiro atoms. The fraction of sp³-hybridized carbons (Fsp3) is 0.565. The molecule has 0 saturated carbocycles. The zero-order valence-electron chi connectivity index (χ0n) is 18.7. The largest absolute Gasteiger partial charge is 0.466 e. The lowest BCUT2D eigenvalue weighted by molar-refractivity contribution is -0.163. The zero-order chi connectivity index (χ0) is 23.3. The molecule has 0 aromatic heterocycles. The number of rotatable bonds is 7. The maximum absolute atomic E-state index is 12.7. The summed E-state index contributed by atoms with van der Waals surface area (Å²) in [6.45, 7) is 4.74. The summed E-state index contributed by atoms with van der Waals surface area (Å²) in [6.07, 6.45) is 2.15. The Balaban J connectivity index is 1.51. The second kappa shape index (κ2) is 10.8. The maximum atomic E-state index is 12.7. The third-order valence-electron chi connectivity index (χ3n) is 5.89. The van der Waals surface area contributed by atoms with Crippen LogP contribution in [-0.2, 0) is 28.7 Å². The molecule has 2 aliphatic rings. The molecule has 0 bridgehead atoms. The molecule has 0 N–H and O–H groups in total. The second-order valence-corrected chi connectivity index (χ2v) is 8.92. The Bertz CT molecular complexity index is 868. The Morgan fingerprint density at radius 1 is 1.16 bits per heavy atom. The summed E-state index contributed by atoms with van der Waals surface area (Å²) in [5.74, 6) is -1.98. The van der Waals surface area contributed by atoms with Crippen molar-refractivity contribution in [1.82, 2.24) is 4.90 Å². The lowest BCUT2D eigenvalue weighted by atomic mass is 9.96. The number of ether oxygens (including phenoxy) is 2. The number of hydrogen-bond acceptors (Lipinski definition) is 7. The predicted octanol–water partition coefficient (Wildman–Crippen LogP) is 2.49. The summed E-state index contributed by atoms with van der Waals surface area (Å²) in [5, 5.41) is 0. The average molecular weight is 463 g/mol. The highest BCUT2D eigenvalue weighted by Crippen LogP contribution is 2.29. The van der Waals surface area contributed by atoms with E-state index in [0.29, 0.717) is 32.5 Å². The van der Waals surface area contributed by atoms with Gasteiger partial charge in [0, 0.05) is 36.6 Å². The van der Waals surface area contributed by atoms with Crippen LogP contribution in [0.25, 0.3) is 0 Å². The number of likely N-dealkylation sites (tertiary alicyclic amines) is 1. The number of carbonyl (C=O) groups excluding carboxylic acids is 4. The number of carbonyl (C=O) groups is 4. The molecule has 32 heavy (non-hydrogen) atoms. The molecule has 2 aliphatic heterocycles. The van der Waals surface area contributed by atoms with Gasteiger partial charge in [-0.1, -0.05) is 6.07 Å². The monoisotopic (exact) mass is 462 g/mol. The molecule has 2 heterocycles. The van der Waals surface area contributed by atoms with Gasteiger partial charge in [-0.05, 0) is 51.1 Å². The van der Waals surface area contributed by atoms with Crippen molar-refractivity contribution in [3.05, 3.63) is 24.3 Å². The van der Waals surface area contributed by atoms with Crippen LogP contribution < -0.4 is 4.90 Å². The molecular weight excluding hydrogens is 432 g/mol.